The Morgan fingerprint density at radius 3 is 2.76 bits per heavy atom. The lowest BCUT2D eigenvalue weighted by Gasteiger charge is -2.17. The Bertz CT molecular complexity index is 705. The molecule has 0 saturated heterocycles. The minimum Gasteiger partial charge on any atom is -0.489 e. The molecule has 0 bridgehead atoms. The third-order valence-corrected chi connectivity index (χ3v) is 3.38. The molecule has 0 saturated carbocycles. The van der Waals surface area contributed by atoms with Gasteiger partial charge >= 0.3 is 0 Å². The van der Waals surface area contributed by atoms with Crippen LogP contribution in [0.15, 0.2) is 47.5 Å². The fourth-order valence-electron chi connectivity index (χ4n) is 2.24. The van der Waals surface area contributed by atoms with E-state index in [0.29, 0.717) is 24.8 Å². The van der Waals surface area contributed by atoms with Crippen LogP contribution in [-0.2, 0) is 6.54 Å². The molecule has 5 nitrogen and oxygen atoms in total. The van der Waals surface area contributed by atoms with E-state index < -0.39 is 0 Å². The van der Waals surface area contributed by atoms with E-state index in [1.165, 1.54) is 12.1 Å². The SMILES string of the molecule is CCNC(=NCc1cccc(C)n1)NCC(C)Oc1cccc(F)c1. The van der Waals surface area contributed by atoms with Crippen molar-refractivity contribution in [1.29, 1.82) is 0 Å². The third kappa shape index (κ3) is 6.79. The molecule has 1 aromatic carbocycles. The topological polar surface area (TPSA) is 58.5 Å². The molecule has 2 aromatic rings. The van der Waals surface area contributed by atoms with Crippen LogP contribution in [0.1, 0.15) is 25.2 Å². The number of halogens is 1. The summed E-state index contributed by atoms with van der Waals surface area (Å²) in [5.74, 6) is 0.902. The van der Waals surface area contributed by atoms with E-state index in [2.05, 4.69) is 20.6 Å². The highest BCUT2D eigenvalue weighted by molar-refractivity contribution is 5.79. The third-order valence-electron chi connectivity index (χ3n) is 3.38. The lowest BCUT2D eigenvalue weighted by atomic mass is 10.3. The Morgan fingerprint density at radius 2 is 2.04 bits per heavy atom. The van der Waals surface area contributed by atoms with Crippen LogP contribution in [0.4, 0.5) is 4.39 Å². The molecule has 0 amide bonds. The molecule has 0 aliphatic rings. The first-order chi connectivity index (χ1) is 12.1. The van der Waals surface area contributed by atoms with E-state index in [-0.39, 0.29) is 11.9 Å². The number of benzene rings is 1. The number of rotatable bonds is 7. The van der Waals surface area contributed by atoms with Gasteiger partial charge in [0.05, 0.1) is 18.8 Å². The quantitative estimate of drug-likeness (QED) is 0.599. The van der Waals surface area contributed by atoms with Crippen LogP contribution in [0.2, 0.25) is 0 Å². The van der Waals surface area contributed by atoms with Crippen LogP contribution in [-0.4, -0.2) is 30.1 Å². The number of nitrogens with zero attached hydrogens (tertiary/aromatic N) is 2. The van der Waals surface area contributed by atoms with Crippen molar-refractivity contribution in [3.63, 3.8) is 0 Å². The number of nitrogens with one attached hydrogen (secondary N) is 2. The zero-order valence-electron chi connectivity index (χ0n) is 14.9. The molecule has 2 N–H and O–H groups in total. The summed E-state index contributed by atoms with van der Waals surface area (Å²) in [5.41, 5.74) is 1.89. The van der Waals surface area contributed by atoms with Crippen LogP contribution in [0, 0.1) is 12.7 Å². The second-order valence-corrected chi connectivity index (χ2v) is 5.73. The van der Waals surface area contributed by atoms with Gasteiger partial charge in [0.25, 0.3) is 0 Å². The van der Waals surface area contributed by atoms with E-state index >= 15 is 0 Å². The number of hydrogen-bond donors (Lipinski definition) is 2. The molecule has 1 aromatic heterocycles. The second-order valence-electron chi connectivity index (χ2n) is 5.73. The maximum Gasteiger partial charge on any atom is 0.191 e. The minimum absolute atomic E-state index is 0.136. The van der Waals surface area contributed by atoms with Crippen LogP contribution >= 0.6 is 0 Å². The number of aryl methyl sites for hydroxylation is 1. The number of aliphatic imine (C=N–C) groups is 1. The minimum atomic E-state index is -0.307. The molecular formula is C19H25FN4O. The highest BCUT2D eigenvalue weighted by Crippen LogP contribution is 2.13. The predicted octanol–water partition coefficient (Wildman–Crippen LogP) is 3.05. The fraction of sp³-hybridized carbons (Fsp3) is 0.368. The summed E-state index contributed by atoms with van der Waals surface area (Å²) in [6.45, 7) is 7.69. The highest BCUT2D eigenvalue weighted by Gasteiger charge is 2.06. The lowest BCUT2D eigenvalue weighted by molar-refractivity contribution is 0.223. The molecule has 6 heteroatoms. The van der Waals surface area contributed by atoms with Gasteiger partial charge in [0.2, 0.25) is 0 Å². The summed E-state index contributed by atoms with van der Waals surface area (Å²) < 4.78 is 18.9. The molecule has 1 atom stereocenters. The van der Waals surface area contributed by atoms with Crippen LogP contribution in [0.25, 0.3) is 0 Å². The van der Waals surface area contributed by atoms with Gasteiger partial charge in [-0.05, 0) is 45.0 Å². The van der Waals surface area contributed by atoms with Crippen molar-refractivity contribution < 1.29 is 9.13 Å². The monoisotopic (exact) mass is 344 g/mol. The molecule has 0 radical (unpaired) electrons. The molecule has 0 fully saturated rings. The van der Waals surface area contributed by atoms with Gasteiger partial charge < -0.3 is 15.4 Å². The lowest BCUT2D eigenvalue weighted by Crippen LogP contribution is -2.41. The summed E-state index contributed by atoms with van der Waals surface area (Å²) in [5, 5.41) is 6.42. The van der Waals surface area contributed by atoms with Gasteiger partial charge in [0, 0.05) is 18.3 Å². The maximum absolute atomic E-state index is 13.2. The van der Waals surface area contributed by atoms with Gasteiger partial charge in [0.1, 0.15) is 17.7 Å². The summed E-state index contributed by atoms with van der Waals surface area (Å²) >= 11 is 0. The van der Waals surface area contributed by atoms with Crippen molar-refractivity contribution in [1.82, 2.24) is 15.6 Å². The average molecular weight is 344 g/mol. The standard InChI is InChI=1S/C19H25FN4O/c1-4-21-19(23-13-17-9-5-7-14(2)24-17)22-12-15(3)25-18-10-6-8-16(20)11-18/h5-11,15H,4,12-13H2,1-3H3,(H2,21,22,23). The van der Waals surface area contributed by atoms with E-state index in [9.17, 15) is 4.39 Å². The van der Waals surface area contributed by atoms with Gasteiger partial charge in [0.15, 0.2) is 5.96 Å². The van der Waals surface area contributed by atoms with E-state index in [4.69, 9.17) is 4.74 Å². The Kier molecular flexibility index (Phi) is 7.19. The Hall–Kier alpha value is -2.63. The van der Waals surface area contributed by atoms with Gasteiger partial charge in [-0.1, -0.05) is 12.1 Å². The summed E-state index contributed by atoms with van der Waals surface area (Å²) in [7, 11) is 0. The number of guanidine groups is 1. The van der Waals surface area contributed by atoms with Crippen LogP contribution in [0.3, 0.4) is 0 Å². The van der Waals surface area contributed by atoms with Crippen molar-refractivity contribution in [3.05, 3.63) is 59.7 Å². The molecule has 25 heavy (non-hydrogen) atoms. The largest absolute Gasteiger partial charge is 0.489 e. The molecule has 0 aliphatic carbocycles. The van der Waals surface area contributed by atoms with Gasteiger partial charge in [-0.3, -0.25) is 4.98 Å². The van der Waals surface area contributed by atoms with Crippen molar-refractivity contribution >= 4 is 5.96 Å². The van der Waals surface area contributed by atoms with Gasteiger partial charge in [-0.2, -0.15) is 0 Å². The van der Waals surface area contributed by atoms with Crippen LogP contribution < -0.4 is 15.4 Å². The van der Waals surface area contributed by atoms with E-state index in [1.807, 2.05) is 39.0 Å². The normalized spacial score (nSPS) is 12.6. The van der Waals surface area contributed by atoms with Crippen molar-refractivity contribution in [2.45, 2.75) is 33.4 Å². The second kappa shape index (κ2) is 9.61. The molecule has 1 unspecified atom stereocenters. The molecule has 0 spiro atoms. The smallest absolute Gasteiger partial charge is 0.191 e. The highest BCUT2D eigenvalue weighted by atomic mass is 19.1. The number of aromatic nitrogens is 1. The maximum atomic E-state index is 13.2. The van der Waals surface area contributed by atoms with Crippen molar-refractivity contribution in [2.75, 3.05) is 13.1 Å². The summed E-state index contributed by atoms with van der Waals surface area (Å²) in [6.07, 6.45) is -0.136. The average Bonchev–Trinajstić information content (AvgIpc) is 2.57. The predicted molar refractivity (Wildman–Crippen MR) is 98.3 cm³/mol. The van der Waals surface area contributed by atoms with E-state index in [1.54, 1.807) is 12.1 Å². The zero-order valence-corrected chi connectivity index (χ0v) is 14.9. The van der Waals surface area contributed by atoms with Gasteiger partial charge in [-0.15, -0.1) is 0 Å². The molecular weight excluding hydrogens is 319 g/mol. The first-order valence-corrected chi connectivity index (χ1v) is 8.43. The fourth-order valence-corrected chi connectivity index (χ4v) is 2.24. The first kappa shape index (κ1) is 18.7. The van der Waals surface area contributed by atoms with Crippen molar-refractivity contribution in [3.8, 4) is 5.75 Å². The summed E-state index contributed by atoms with van der Waals surface area (Å²) in [6, 6.07) is 12.0. The Balaban J connectivity index is 1.88. The Morgan fingerprint density at radius 1 is 1.24 bits per heavy atom. The molecule has 0 aliphatic heterocycles. The zero-order chi connectivity index (χ0) is 18.1. The first-order valence-electron chi connectivity index (χ1n) is 8.43. The summed E-state index contributed by atoms with van der Waals surface area (Å²) in [4.78, 5) is 8.98. The van der Waals surface area contributed by atoms with Crippen LogP contribution in [0.5, 0.6) is 5.75 Å². The van der Waals surface area contributed by atoms with E-state index in [0.717, 1.165) is 17.9 Å². The number of ether oxygens (including phenoxy) is 1. The number of pyridine rings is 1. The van der Waals surface area contributed by atoms with Crippen molar-refractivity contribution in [2.24, 2.45) is 4.99 Å². The Labute approximate surface area is 148 Å². The number of hydrogen-bond acceptors (Lipinski definition) is 3. The molecule has 134 valence electrons. The molecule has 2 rings (SSSR count). The van der Waals surface area contributed by atoms with Gasteiger partial charge in [-0.25, -0.2) is 9.38 Å². The molecule has 1 heterocycles.